The number of rotatable bonds is 6. The summed E-state index contributed by atoms with van der Waals surface area (Å²) in [7, 11) is 1.08. The summed E-state index contributed by atoms with van der Waals surface area (Å²) < 4.78 is 0. The van der Waals surface area contributed by atoms with Gasteiger partial charge < -0.3 is 0 Å². The normalized spacial score (nSPS) is 12.7. The monoisotopic (exact) mass is 844 g/mol. The summed E-state index contributed by atoms with van der Waals surface area (Å²) in [4.78, 5) is 0. The molecule has 0 aliphatic carbocycles. The molecule has 2 unspecified atom stereocenters. The largest absolute Gasteiger partial charge is 0.164 e. The molecule has 6 rings (SSSR count). The molecular weight excluding hydrogens is 783 g/mol. The van der Waals surface area contributed by atoms with Gasteiger partial charge in [0.05, 0.1) is 0 Å². The molecule has 0 nitrogen and oxygen atoms in total. The van der Waals surface area contributed by atoms with Gasteiger partial charge in [-0.15, -0.1) is 69.1 Å². The van der Waals surface area contributed by atoms with Crippen LogP contribution in [-0.4, -0.2) is 9.52 Å². The van der Waals surface area contributed by atoms with E-state index >= 15 is 0 Å². The molecule has 50 heavy (non-hydrogen) atoms. The Bertz CT molecular complexity index is 1800. The minimum absolute atomic E-state index is 0. The Labute approximate surface area is 326 Å². The van der Waals surface area contributed by atoms with E-state index in [1.54, 1.807) is 0 Å². The van der Waals surface area contributed by atoms with Crippen molar-refractivity contribution in [2.45, 2.75) is 118 Å². The van der Waals surface area contributed by atoms with Gasteiger partial charge in [-0.1, -0.05) is 154 Å². The smallest absolute Gasteiger partial charge is 0.0307 e. The molecular formula is C48H60HfSi-2. The van der Waals surface area contributed by atoms with E-state index < -0.39 is 0 Å². The Kier molecular flexibility index (Phi) is 15.1. The maximum Gasteiger partial charge on any atom is 0.0307 e. The minimum atomic E-state index is 0. The van der Waals surface area contributed by atoms with Crippen molar-refractivity contribution in [1.82, 2.24) is 0 Å². The van der Waals surface area contributed by atoms with Crippen LogP contribution in [0.15, 0.2) is 109 Å². The molecule has 0 aliphatic heterocycles. The van der Waals surface area contributed by atoms with Gasteiger partial charge in [-0.05, 0) is 57.8 Å². The van der Waals surface area contributed by atoms with Gasteiger partial charge in [0.25, 0.3) is 0 Å². The molecule has 0 aliphatic rings. The van der Waals surface area contributed by atoms with Gasteiger partial charge in [0.2, 0.25) is 0 Å². The Morgan fingerprint density at radius 2 is 0.840 bits per heavy atom. The van der Waals surface area contributed by atoms with Crippen molar-refractivity contribution in [1.29, 1.82) is 0 Å². The standard InChI is InChI=1S/2C23H27.C2H6Si.Hf/c2*1-6-16(2)19-11-7-8-12-20(19)21-13-9-10-17-14-18(15-22(17)21)23(3,4)5;1-3-2;/h2*7-16H,6H2,1-5H3;1-2H3;/q2*-1;;. The first-order chi connectivity index (χ1) is 23.2. The van der Waals surface area contributed by atoms with Gasteiger partial charge >= 0.3 is 0 Å². The van der Waals surface area contributed by atoms with Crippen molar-refractivity contribution in [3.8, 4) is 22.3 Å². The van der Waals surface area contributed by atoms with Gasteiger partial charge in [-0.2, -0.15) is 12.1 Å². The van der Waals surface area contributed by atoms with E-state index in [0.717, 1.165) is 9.52 Å². The molecule has 0 aromatic heterocycles. The van der Waals surface area contributed by atoms with Crippen molar-refractivity contribution in [2.75, 3.05) is 0 Å². The second-order valence-electron chi connectivity index (χ2n) is 15.9. The molecule has 6 aromatic rings. The van der Waals surface area contributed by atoms with Crippen LogP contribution in [0.5, 0.6) is 0 Å². The topological polar surface area (TPSA) is 0 Å². The van der Waals surface area contributed by atoms with Crippen LogP contribution < -0.4 is 0 Å². The summed E-state index contributed by atoms with van der Waals surface area (Å²) in [5.74, 6) is 1.16. The van der Waals surface area contributed by atoms with E-state index in [0.29, 0.717) is 11.8 Å². The summed E-state index contributed by atoms with van der Waals surface area (Å²) >= 11 is 0. The fourth-order valence-corrected chi connectivity index (χ4v) is 6.59. The zero-order valence-electron chi connectivity index (χ0n) is 33.0. The Hall–Kier alpha value is -2.81. The quantitative estimate of drug-likeness (QED) is 0.116. The first kappa shape index (κ1) is 41.6. The number of benzene rings is 4. The molecule has 6 aromatic carbocycles. The first-order valence-corrected chi connectivity index (χ1v) is 20.4. The third kappa shape index (κ3) is 9.74. The molecule has 0 saturated heterocycles. The summed E-state index contributed by atoms with van der Waals surface area (Å²) in [6.07, 6.45) is 2.34. The van der Waals surface area contributed by atoms with Crippen LogP contribution in [0.25, 0.3) is 43.8 Å². The molecule has 0 saturated carbocycles. The van der Waals surface area contributed by atoms with Gasteiger partial charge in [0, 0.05) is 35.4 Å². The first-order valence-electron chi connectivity index (χ1n) is 18.4. The Balaban J connectivity index is 0.000000246. The maximum absolute atomic E-state index is 2.39. The molecule has 0 spiro atoms. The van der Waals surface area contributed by atoms with E-state index in [4.69, 9.17) is 0 Å². The van der Waals surface area contributed by atoms with Crippen molar-refractivity contribution in [3.63, 3.8) is 0 Å². The maximum atomic E-state index is 2.39. The van der Waals surface area contributed by atoms with Gasteiger partial charge in [0.1, 0.15) is 0 Å². The minimum Gasteiger partial charge on any atom is -0.164 e. The zero-order valence-corrected chi connectivity index (χ0v) is 37.6. The SMILES string of the molecule is CCC(C)c1ccccc1-c1cccc2[cH-]c(C(C)(C)C)cc12.CCC(C)c1ccccc1-c1cccc2[cH-]c(C(C)(C)C)cc12.C[Si]C.[Hf]. The van der Waals surface area contributed by atoms with E-state index in [9.17, 15) is 0 Å². The Morgan fingerprint density at radius 1 is 0.520 bits per heavy atom. The summed E-state index contributed by atoms with van der Waals surface area (Å²) in [6.45, 7) is 27.2. The average Bonchev–Trinajstić information content (AvgIpc) is 3.74. The van der Waals surface area contributed by atoms with E-state index in [2.05, 4.69) is 192 Å². The number of hydrogen-bond acceptors (Lipinski definition) is 0. The van der Waals surface area contributed by atoms with Gasteiger partial charge in [-0.25, -0.2) is 0 Å². The summed E-state index contributed by atoms with van der Waals surface area (Å²) in [6, 6.07) is 40.7. The van der Waals surface area contributed by atoms with Crippen molar-refractivity contribution in [2.24, 2.45) is 0 Å². The van der Waals surface area contributed by atoms with Crippen molar-refractivity contribution >= 4 is 31.1 Å². The van der Waals surface area contributed by atoms with Gasteiger partial charge in [-0.3, -0.25) is 0 Å². The molecule has 0 N–H and O–H groups in total. The average molecular weight is 844 g/mol. The van der Waals surface area contributed by atoms with E-state index in [1.807, 2.05) is 0 Å². The fraction of sp³-hybridized carbons (Fsp3) is 0.375. The molecule has 262 valence electrons. The summed E-state index contributed by atoms with van der Waals surface area (Å²) in [5, 5.41) is 5.47. The second kappa shape index (κ2) is 18.1. The molecule has 2 heteroatoms. The predicted molar refractivity (Wildman–Crippen MR) is 222 cm³/mol. The number of fused-ring (bicyclic) bond motifs is 2. The van der Waals surface area contributed by atoms with E-state index in [-0.39, 0.29) is 36.7 Å². The third-order valence-corrected chi connectivity index (χ3v) is 10.0. The van der Waals surface area contributed by atoms with Crippen LogP contribution in [0.4, 0.5) is 0 Å². The molecule has 0 fully saturated rings. The predicted octanol–water partition coefficient (Wildman–Crippen LogP) is 14.9. The summed E-state index contributed by atoms with van der Waals surface area (Å²) in [5.41, 5.74) is 11.6. The molecule has 2 radical (unpaired) electrons. The van der Waals surface area contributed by atoms with E-state index in [1.165, 1.54) is 78.9 Å². The van der Waals surface area contributed by atoms with Crippen molar-refractivity contribution in [3.05, 3.63) is 131 Å². The van der Waals surface area contributed by atoms with Crippen LogP contribution >= 0.6 is 0 Å². The van der Waals surface area contributed by atoms with Crippen LogP contribution in [0, 0.1) is 0 Å². The van der Waals surface area contributed by atoms with Crippen LogP contribution in [0.2, 0.25) is 13.1 Å². The Morgan fingerprint density at radius 3 is 1.16 bits per heavy atom. The van der Waals surface area contributed by atoms with Gasteiger partial charge in [0.15, 0.2) is 0 Å². The third-order valence-electron chi connectivity index (χ3n) is 10.0. The fourth-order valence-electron chi connectivity index (χ4n) is 6.59. The molecule has 0 amide bonds. The second-order valence-corrected chi connectivity index (χ2v) is 16.9. The molecule has 0 bridgehead atoms. The number of hydrogen-bond donors (Lipinski definition) is 0. The van der Waals surface area contributed by atoms with Crippen LogP contribution in [-0.2, 0) is 36.7 Å². The van der Waals surface area contributed by atoms with Crippen molar-refractivity contribution < 1.29 is 25.8 Å². The zero-order chi connectivity index (χ0) is 35.9. The molecule has 0 heterocycles. The van der Waals surface area contributed by atoms with Crippen LogP contribution in [0.3, 0.4) is 0 Å². The molecule has 2 atom stereocenters. The van der Waals surface area contributed by atoms with Crippen LogP contribution in [0.1, 0.15) is 116 Å².